The van der Waals surface area contributed by atoms with Crippen LogP contribution in [-0.4, -0.2) is 26.3 Å². The quantitative estimate of drug-likeness (QED) is 0.825. The van der Waals surface area contributed by atoms with Gasteiger partial charge in [-0.2, -0.15) is 0 Å². The van der Waals surface area contributed by atoms with Crippen LogP contribution in [-0.2, 0) is 0 Å². The third-order valence-electron chi connectivity index (χ3n) is 2.76. The largest absolute Gasteiger partial charge is 0.494 e. The molecular formula is C13H19NO2. The molecule has 1 fully saturated rings. The van der Waals surface area contributed by atoms with Gasteiger partial charge in [0.1, 0.15) is 11.5 Å². The topological polar surface area (TPSA) is 30.5 Å². The van der Waals surface area contributed by atoms with Crippen molar-refractivity contribution < 1.29 is 9.47 Å². The molecule has 0 aromatic heterocycles. The maximum atomic E-state index is 5.76. The van der Waals surface area contributed by atoms with Crippen LogP contribution in [0.3, 0.4) is 0 Å². The van der Waals surface area contributed by atoms with Gasteiger partial charge in [0.25, 0.3) is 0 Å². The highest BCUT2D eigenvalue weighted by molar-refractivity contribution is 5.32. The Bertz CT molecular complexity index is 321. The molecule has 16 heavy (non-hydrogen) atoms. The second-order valence-corrected chi connectivity index (χ2v) is 4.08. The molecule has 1 heterocycles. The summed E-state index contributed by atoms with van der Waals surface area (Å²) in [5.74, 6) is 2.43. The third-order valence-corrected chi connectivity index (χ3v) is 2.76. The second-order valence-electron chi connectivity index (χ2n) is 4.08. The van der Waals surface area contributed by atoms with E-state index in [0.29, 0.717) is 12.5 Å². The monoisotopic (exact) mass is 221 g/mol. The van der Waals surface area contributed by atoms with Crippen LogP contribution in [0, 0.1) is 5.92 Å². The van der Waals surface area contributed by atoms with Crippen LogP contribution in [0.5, 0.6) is 11.5 Å². The van der Waals surface area contributed by atoms with Crippen molar-refractivity contribution >= 4 is 0 Å². The highest BCUT2D eigenvalue weighted by Crippen LogP contribution is 2.20. The fourth-order valence-electron chi connectivity index (χ4n) is 1.89. The van der Waals surface area contributed by atoms with Crippen LogP contribution >= 0.6 is 0 Å². The summed E-state index contributed by atoms with van der Waals surface area (Å²) in [5, 5.41) is 3.34. The smallest absolute Gasteiger partial charge is 0.122 e. The van der Waals surface area contributed by atoms with E-state index in [9.17, 15) is 0 Å². The van der Waals surface area contributed by atoms with Crippen molar-refractivity contribution in [2.75, 3.05) is 26.3 Å². The van der Waals surface area contributed by atoms with Crippen molar-refractivity contribution in [1.29, 1.82) is 0 Å². The molecule has 0 saturated carbocycles. The van der Waals surface area contributed by atoms with Crippen molar-refractivity contribution in [3.05, 3.63) is 24.3 Å². The SMILES string of the molecule is CCOc1cccc(OC[C@@H]2CCNC2)c1. The molecule has 0 spiro atoms. The minimum absolute atomic E-state index is 0.649. The van der Waals surface area contributed by atoms with Gasteiger partial charge in [-0.05, 0) is 32.0 Å². The zero-order chi connectivity index (χ0) is 11.2. The molecule has 1 aliphatic rings. The molecule has 1 aromatic carbocycles. The first-order chi connectivity index (χ1) is 7.88. The Morgan fingerprint density at radius 1 is 1.31 bits per heavy atom. The predicted octanol–water partition coefficient (Wildman–Crippen LogP) is 2.07. The summed E-state index contributed by atoms with van der Waals surface area (Å²) in [5.41, 5.74) is 0. The zero-order valence-corrected chi connectivity index (χ0v) is 9.74. The second kappa shape index (κ2) is 5.75. The number of ether oxygens (including phenoxy) is 2. The standard InChI is InChI=1S/C13H19NO2/c1-2-15-12-4-3-5-13(8-12)16-10-11-6-7-14-9-11/h3-5,8,11,14H,2,6-7,9-10H2,1H3/t11-/m1/s1. The van der Waals surface area contributed by atoms with Crippen molar-refractivity contribution in [2.24, 2.45) is 5.92 Å². The van der Waals surface area contributed by atoms with E-state index in [1.807, 2.05) is 31.2 Å². The highest BCUT2D eigenvalue weighted by atomic mass is 16.5. The average molecular weight is 221 g/mol. The van der Waals surface area contributed by atoms with Crippen molar-refractivity contribution in [3.63, 3.8) is 0 Å². The molecule has 3 nitrogen and oxygen atoms in total. The first-order valence-electron chi connectivity index (χ1n) is 5.95. The zero-order valence-electron chi connectivity index (χ0n) is 9.74. The van der Waals surface area contributed by atoms with Crippen LogP contribution in [0.25, 0.3) is 0 Å². The Labute approximate surface area is 96.8 Å². The van der Waals surface area contributed by atoms with Crippen LogP contribution in [0.4, 0.5) is 0 Å². The van der Waals surface area contributed by atoms with Gasteiger partial charge < -0.3 is 14.8 Å². The lowest BCUT2D eigenvalue weighted by Crippen LogP contribution is -2.15. The van der Waals surface area contributed by atoms with E-state index in [0.717, 1.165) is 31.2 Å². The van der Waals surface area contributed by atoms with E-state index in [1.165, 1.54) is 6.42 Å². The lowest BCUT2D eigenvalue weighted by Gasteiger charge is -2.11. The molecule has 0 bridgehead atoms. The first-order valence-corrected chi connectivity index (χ1v) is 5.95. The summed E-state index contributed by atoms with van der Waals surface area (Å²) in [6.45, 7) is 5.66. The molecule has 0 amide bonds. The van der Waals surface area contributed by atoms with Crippen LogP contribution in [0.1, 0.15) is 13.3 Å². The number of hydrogen-bond acceptors (Lipinski definition) is 3. The fourth-order valence-corrected chi connectivity index (χ4v) is 1.89. The number of benzene rings is 1. The van der Waals surface area contributed by atoms with Gasteiger partial charge in [0.15, 0.2) is 0 Å². The maximum absolute atomic E-state index is 5.76. The van der Waals surface area contributed by atoms with Crippen molar-refractivity contribution in [1.82, 2.24) is 5.32 Å². The Kier molecular flexibility index (Phi) is 4.05. The molecule has 0 radical (unpaired) electrons. The van der Waals surface area contributed by atoms with Crippen molar-refractivity contribution in [2.45, 2.75) is 13.3 Å². The number of hydrogen-bond donors (Lipinski definition) is 1. The summed E-state index contributed by atoms with van der Waals surface area (Å²) in [6.07, 6.45) is 1.21. The fraction of sp³-hybridized carbons (Fsp3) is 0.538. The molecule has 1 aliphatic heterocycles. The lowest BCUT2D eigenvalue weighted by atomic mass is 10.1. The van der Waals surface area contributed by atoms with Gasteiger partial charge in [0.2, 0.25) is 0 Å². The van der Waals surface area contributed by atoms with Gasteiger partial charge >= 0.3 is 0 Å². The van der Waals surface area contributed by atoms with E-state index in [-0.39, 0.29) is 0 Å². The molecule has 0 unspecified atom stereocenters. The van der Waals surface area contributed by atoms with E-state index < -0.39 is 0 Å². The molecule has 1 N–H and O–H groups in total. The Morgan fingerprint density at radius 2 is 2.12 bits per heavy atom. The van der Waals surface area contributed by atoms with Gasteiger partial charge in [-0.1, -0.05) is 6.07 Å². The van der Waals surface area contributed by atoms with Crippen LogP contribution in [0.2, 0.25) is 0 Å². The molecule has 88 valence electrons. The molecule has 3 heteroatoms. The van der Waals surface area contributed by atoms with Gasteiger partial charge in [-0.15, -0.1) is 0 Å². The van der Waals surface area contributed by atoms with Crippen molar-refractivity contribution in [3.8, 4) is 11.5 Å². The third kappa shape index (κ3) is 3.14. The summed E-state index contributed by atoms with van der Waals surface area (Å²) >= 11 is 0. The molecule has 0 aliphatic carbocycles. The Balaban J connectivity index is 1.85. The van der Waals surface area contributed by atoms with Crippen LogP contribution in [0.15, 0.2) is 24.3 Å². The molecular weight excluding hydrogens is 202 g/mol. The normalized spacial score (nSPS) is 19.7. The van der Waals surface area contributed by atoms with E-state index in [1.54, 1.807) is 0 Å². The lowest BCUT2D eigenvalue weighted by molar-refractivity contribution is 0.258. The van der Waals surface area contributed by atoms with Gasteiger partial charge in [0.05, 0.1) is 13.2 Å². The van der Waals surface area contributed by atoms with Gasteiger partial charge in [0, 0.05) is 18.5 Å². The maximum Gasteiger partial charge on any atom is 0.122 e. The van der Waals surface area contributed by atoms with Crippen LogP contribution < -0.4 is 14.8 Å². The molecule has 2 rings (SSSR count). The molecule has 1 aromatic rings. The number of rotatable bonds is 5. The van der Waals surface area contributed by atoms with Gasteiger partial charge in [-0.25, -0.2) is 0 Å². The van der Waals surface area contributed by atoms with Gasteiger partial charge in [-0.3, -0.25) is 0 Å². The summed E-state index contributed by atoms with van der Waals surface area (Å²) in [7, 11) is 0. The summed E-state index contributed by atoms with van der Waals surface area (Å²) in [6, 6.07) is 7.84. The predicted molar refractivity (Wildman–Crippen MR) is 64.1 cm³/mol. The summed E-state index contributed by atoms with van der Waals surface area (Å²) < 4.78 is 11.2. The first kappa shape index (κ1) is 11.3. The van der Waals surface area contributed by atoms with E-state index in [2.05, 4.69) is 5.32 Å². The average Bonchev–Trinajstić information content (AvgIpc) is 2.80. The Hall–Kier alpha value is -1.22. The van der Waals surface area contributed by atoms with E-state index >= 15 is 0 Å². The number of nitrogens with one attached hydrogen (secondary N) is 1. The molecule has 1 saturated heterocycles. The molecule has 1 atom stereocenters. The van der Waals surface area contributed by atoms with E-state index in [4.69, 9.17) is 9.47 Å². The highest BCUT2D eigenvalue weighted by Gasteiger charge is 2.14. The summed E-state index contributed by atoms with van der Waals surface area (Å²) in [4.78, 5) is 0. The Morgan fingerprint density at radius 3 is 2.81 bits per heavy atom. The minimum atomic E-state index is 0.649. The minimum Gasteiger partial charge on any atom is -0.494 e.